The van der Waals surface area contributed by atoms with E-state index < -0.39 is 11.3 Å². The van der Waals surface area contributed by atoms with Gasteiger partial charge in [0.25, 0.3) is 0 Å². The Labute approximate surface area is 154 Å². The van der Waals surface area contributed by atoms with E-state index in [2.05, 4.69) is 15.6 Å². The maximum absolute atomic E-state index is 13.5. The van der Waals surface area contributed by atoms with Gasteiger partial charge < -0.3 is 16.4 Å². The van der Waals surface area contributed by atoms with E-state index in [0.717, 1.165) is 0 Å². The molecule has 0 saturated carbocycles. The van der Waals surface area contributed by atoms with Crippen molar-refractivity contribution in [1.29, 1.82) is 0 Å². The van der Waals surface area contributed by atoms with Crippen LogP contribution in [0.2, 0.25) is 0 Å². The molecule has 0 radical (unpaired) electrons. The van der Waals surface area contributed by atoms with Gasteiger partial charge >= 0.3 is 0 Å². The SMILES string of the molecule is CCNC(=NCC(C)(C)C(N)=O)NCCc1ccccc1F.I. The molecule has 0 aliphatic carbocycles. The molecule has 0 aliphatic heterocycles. The van der Waals surface area contributed by atoms with Gasteiger partial charge in [0, 0.05) is 13.1 Å². The van der Waals surface area contributed by atoms with Crippen LogP contribution in [-0.2, 0) is 11.2 Å². The van der Waals surface area contributed by atoms with E-state index in [1.54, 1.807) is 26.0 Å². The number of aliphatic imine (C=N–C) groups is 1. The van der Waals surface area contributed by atoms with Crippen molar-refractivity contribution in [2.45, 2.75) is 27.2 Å². The lowest BCUT2D eigenvalue weighted by atomic mass is 9.93. The lowest BCUT2D eigenvalue weighted by Crippen LogP contribution is -2.40. The van der Waals surface area contributed by atoms with Crippen LogP contribution in [0.3, 0.4) is 0 Å². The fraction of sp³-hybridized carbons (Fsp3) is 0.500. The first-order valence-electron chi connectivity index (χ1n) is 7.42. The topological polar surface area (TPSA) is 79.5 Å². The predicted octanol–water partition coefficient (Wildman–Crippen LogP) is 2.05. The number of rotatable bonds is 7. The van der Waals surface area contributed by atoms with Gasteiger partial charge in [-0.15, -0.1) is 24.0 Å². The van der Waals surface area contributed by atoms with Crippen molar-refractivity contribution in [3.8, 4) is 0 Å². The van der Waals surface area contributed by atoms with Crippen LogP contribution in [-0.4, -0.2) is 31.5 Å². The Bertz CT molecular complexity index is 535. The highest BCUT2D eigenvalue weighted by Crippen LogP contribution is 2.13. The summed E-state index contributed by atoms with van der Waals surface area (Å²) in [6.45, 7) is 6.99. The summed E-state index contributed by atoms with van der Waals surface area (Å²) in [4.78, 5) is 15.7. The number of halogens is 2. The van der Waals surface area contributed by atoms with E-state index in [9.17, 15) is 9.18 Å². The number of amides is 1. The molecule has 23 heavy (non-hydrogen) atoms. The van der Waals surface area contributed by atoms with Crippen LogP contribution < -0.4 is 16.4 Å². The zero-order chi connectivity index (χ0) is 16.6. The number of nitrogens with one attached hydrogen (secondary N) is 2. The number of hydrogen-bond donors (Lipinski definition) is 3. The molecule has 1 aromatic carbocycles. The molecule has 1 amide bonds. The maximum atomic E-state index is 13.5. The van der Waals surface area contributed by atoms with Gasteiger partial charge in [0.05, 0.1) is 12.0 Å². The summed E-state index contributed by atoms with van der Waals surface area (Å²) in [5, 5.41) is 6.22. The summed E-state index contributed by atoms with van der Waals surface area (Å²) in [5.41, 5.74) is 5.29. The van der Waals surface area contributed by atoms with E-state index in [4.69, 9.17) is 5.73 Å². The van der Waals surface area contributed by atoms with Gasteiger partial charge in [0.1, 0.15) is 5.82 Å². The zero-order valence-electron chi connectivity index (χ0n) is 13.9. The molecule has 0 fully saturated rings. The van der Waals surface area contributed by atoms with Crippen LogP contribution in [0.15, 0.2) is 29.3 Å². The summed E-state index contributed by atoms with van der Waals surface area (Å²) in [6.07, 6.45) is 0.552. The number of carbonyl (C=O) groups is 1. The van der Waals surface area contributed by atoms with Crippen molar-refractivity contribution in [1.82, 2.24) is 10.6 Å². The van der Waals surface area contributed by atoms with Gasteiger partial charge in [-0.3, -0.25) is 9.79 Å². The standard InChI is InChI=1S/C16H25FN4O.HI/c1-4-19-15(21-11-16(2,3)14(18)22)20-10-9-12-7-5-6-8-13(12)17;/h5-8H,4,9-11H2,1-3H3,(H2,18,22)(H2,19,20,21);1H. The quantitative estimate of drug-likeness (QED) is 0.348. The highest BCUT2D eigenvalue weighted by Gasteiger charge is 2.24. The largest absolute Gasteiger partial charge is 0.369 e. The number of benzene rings is 1. The molecule has 130 valence electrons. The van der Waals surface area contributed by atoms with Crippen molar-refractivity contribution in [3.63, 3.8) is 0 Å². The Balaban J connectivity index is 0.00000484. The molecule has 0 aromatic heterocycles. The molecule has 0 heterocycles. The van der Waals surface area contributed by atoms with Gasteiger partial charge in [-0.2, -0.15) is 0 Å². The Morgan fingerprint density at radius 2 is 1.96 bits per heavy atom. The molecule has 1 rings (SSSR count). The Hall–Kier alpha value is -1.38. The summed E-state index contributed by atoms with van der Waals surface area (Å²) < 4.78 is 13.5. The number of hydrogen-bond acceptors (Lipinski definition) is 2. The maximum Gasteiger partial charge on any atom is 0.224 e. The lowest BCUT2D eigenvalue weighted by molar-refractivity contribution is -0.125. The third kappa shape index (κ3) is 7.62. The van der Waals surface area contributed by atoms with E-state index in [1.165, 1.54) is 6.07 Å². The van der Waals surface area contributed by atoms with E-state index in [1.807, 2.05) is 13.0 Å². The second kappa shape index (κ2) is 10.4. The monoisotopic (exact) mass is 436 g/mol. The van der Waals surface area contributed by atoms with E-state index >= 15 is 0 Å². The second-order valence-corrected chi connectivity index (χ2v) is 5.71. The minimum absolute atomic E-state index is 0. The summed E-state index contributed by atoms with van der Waals surface area (Å²) >= 11 is 0. The fourth-order valence-corrected chi connectivity index (χ4v) is 1.71. The molecule has 0 bridgehead atoms. The summed E-state index contributed by atoms with van der Waals surface area (Å²) in [6, 6.07) is 6.69. The molecule has 4 N–H and O–H groups in total. The number of primary amides is 1. The summed E-state index contributed by atoms with van der Waals surface area (Å²) in [5.74, 6) is -0.00674. The third-order valence-electron chi connectivity index (χ3n) is 3.29. The Morgan fingerprint density at radius 1 is 1.30 bits per heavy atom. The van der Waals surface area contributed by atoms with Crippen LogP contribution in [0.25, 0.3) is 0 Å². The molecule has 0 atom stereocenters. The molecule has 5 nitrogen and oxygen atoms in total. The minimum Gasteiger partial charge on any atom is -0.369 e. The van der Waals surface area contributed by atoms with Crippen LogP contribution in [0.1, 0.15) is 26.3 Å². The van der Waals surface area contributed by atoms with Crippen molar-refractivity contribution < 1.29 is 9.18 Å². The highest BCUT2D eigenvalue weighted by atomic mass is 127. The molecule has 7 heteroatoms. The van der Waals surface area contributed by atoms with E-state index in [-0.39, 0.29) is 36.3 Å². The van der Waals surface area contributed by atoms with Gasteiger partial charge in [-0.1, -0.05) is 18.2 Å². The third-order valence-corrected chi connectivity index (χ3v) is 3.29. The predicted molar refractivity (Wildman–Crippen MR) is 102 cm³/mol. The smallest absolute Gasteiger partial charge is 0.224 e. The first-order chi connectivity index (χ1) is 10.4. The van der Waals surface area contributed by atoms with E-state index in [0.29, 0.717) is 31.0 Å². The van der Waals surface area contributed by atoms with Gasteiger partial charge in [0.15, 0.2) is 5.96 Å². The summed E-state index contributed by atoms with van der Waals surface area (Å²) in [7, 11) is 0. The molecule has 0 saturated heterocycles. The van der Waals surface area contributed by atoms with Crippen LogP contribution in [0.4, 0.5) is 4.39 Å². The highest BCUT2D eigenvalue weighted by molar-refractivity contribution is 14.0. The van der Waals surface area contributed by atoms with Gasteiger partial charge in [0.2, 0.25) is 5.91 Å². The minimum atomic E-state index is -0.701. The van der Waals surface area contributed by atoms with Crippen LogP contribution >= 0.6 is 24.0 Å². The van der Waals surface area contributed by atoms with Crippen molar-refractivity contribution in [2.24, 2.45) is 16.1 Å². The first kappa shape index (κ1) is 21.6. The van der Waals surface area contributed by atoms with Crippen molar-refractivity contribution >= 4 is 35.8 Å². The van der Waals surface area contributed by atoms with Crippen molar-refractivity contribution in [3.05, 3.63) is 35.6 Å². The average Bonchev–Trinajstić information content (AvgIpc) is 2.46. The number of guanidine groups is 1. The number of nitrogens with two attached hydrogens (primary N) is 1. The fourth-order valence-electron chi connectivity index (χ4n) is 1.71. The van der Waals surface area contributed by atoms with Crippen LogP contribution in [0.5, 0.6) is 0 Å². The molecular weight excluding hydrogens is 410 g/mol. The molecule has 0 spiro atoms. The Kier molecular flexibility index (Phi) is 9.78. The lowest BCUT2D eigenvalue weighted by Gasteiger charge is -2.19. The zero-order valence-corrected chi connectivity index (χ0v) is 16.2. The molecular formula is C16H26FIN4O. The molecule has 0 unspecified atom stereocenters. The molecule has 1 aromatic rings. The number of carbonyl (C=O) groups excluding carboxylic acids is 1. The number of nitrogens with zero attached hydrogens (tertiary/aromatic N) is 1. The Morgan fingerprint density at radius 3 is 2.52 bits per heavy atom. The molecule has 0 aliphatic rings. The van der Waals surface area contributed by atoms with Gasteiger partial charge in [-0.25, -0.2) is 4.39 Å². The van der Waals surface area contributed by atoms with Crippen LogP contribution in [0, 0.1) is 11.2 Å². The second-order valence-electron chi connectivity index (χ2n) is 5.71. The normalized spacial score (nSPS) is 11.6. The van der Waals surface area contributed by atoms with Gasteiger partial charge in [-0.05, 0) is 38.8 Å². The average molecular weight is 436 g/mol. The first-order valence-corrected chi connectivity index (χ1v) is 7.42. The van der Waals surface area contributed by atoms with Crippen molar-refractivity contribution in [2.75, 3.05) is 19.6 Å².